The van der Waals surface area contributed by atoms with Crippen LogP contribution in [-0.2, 0) is 0 Å². The van der Waals surface area contributed by atoms with Crippen molar-refractivity contribution in [2.75, 3.05) is 26.2 Å². The van der Waals surface area contributed by atoms with Crippen LogP contribution in [0.1, 0.15) is 6.42 Å². The van der Waals surface area contributed by atoms with E-state index in [-0.39, 0.29) is 0 Å². The molecule has 2 heterocycles. The van der Waals surface area contributed by atoms with Crippen molar-refractivity contribution in [1.82, 2.24) is 0 Å². The molecule has 2 aliphatic rings. The molecule has 4 heteroatoms. The van der Waals surface area contributed by atoms with E-state index in [0.29, 0.717) is 12.5 Å². The molecular formula is C7H16BN2O+. The van der Waals surface area contributed by atoms with E-state index in [1.807, 2.05) is 0 Å². The maximum Gasteiger partial charge on any atom is 0.372 e. The van der Waals surface area contributed by atoms with Crippen LogP contribution in [0.2, 0.25) is 0 Å². The number of aliphatic hydroxyl groups is 1. The van der Waals surface area contributed by atoms with Crippen molar-refractivity contribution in [3.8, 4) is 0 Å². The fourth-order valence-electron chi connectivity index (χ4n) is 2.79. The molecule has 0 aromatic heterocycles. The molecule has 0 amide bonds. The first-order valence-electron chi connectivity index (χ1n) is 4.34. The van der Waals surface area contributed by atoms with Crippen molar-refractivity contribution in [3.63, 3.8) is 0 Å². The third kappa shape index (κ3) is 0.933. The zero-order valence-electron chi connectivity index (χ0n) is 7.08. The molecule has 2 aliphatic heterocycles. The molecule has 0 saturated carbocycles. The number of quaternary nitrogens is 1. The number of nitrogens with zero attached hydrogens (tertiary/aromatic N) is 1. The molecular weight excluding hydrogens is 139 g/mol. The number of piperidine rings is 1. The number of fused-ring (bicyclic) bond motifs is 2. The van der Waals surface area contributed by atoms with Gasteiger partial charge in [-0.15, -0.1) is 0 Å². The molecule has 3 atom stereocenters. The number of hydrogen-bond acceptors (Lipinski definition) is 2. The van der Waals surface area contributed by atoms with E-state index in [0.717, 1.165) is 23.9 Å². The smallest absolute Gasteiger partial charge is 0.372 e. The van der Waals surface area contributed by atoms with E-state index in [1.54, 1.807) is 0 Å². The average molecular weight is 155 g/mol. The van der Waals surface area contributed by atoms with E-state index < -0.39 is 5.60 Å². The van der Waals surface area contributed by atoms with E-state index in [9.17, 15) is 5.11 Å². The van der Waals surface area contributed by atoms with Crippen LogP contribution in [0.3, 0.4) is 0 Å². The lowest BCUT2D eigenvalue weighted by atomic mass is 9.87. The summed E-state index contributed by atoms with van der Waals surface area (Å²) in [4.78, 5) is 0. The number of nitrogens with two attached hydrogens (primary N) is 1. The van der Waals surface area contributed by atoms with Gasteiger partial charge in [0.05, 0.1) is 19.6 Å². The second kappa shape index (κ2) is 2.00. The third-order valence-corrected chi connectivity index (χ3v) is 3.45. The molecule has 2 rings (SSSR count). The van der Waals surface area contributed by atoms with Crippen LogP contribution in [0, 0.1) is 5.92 Å². The summed E-state index contributed by atoms with van der Waals surface area (Å²) in [6.45, 7) is 3.67. The molecule has 2 bridgehead atoms. The molecule has 11 heavy (non-hydrogen) atoms. The minimum Gasteiger partial charge on any atom is -0.397 e. The summed E-state index contributed by atoms with van der Waals surface area (Å²) in [6.07, 6.45) is 1.16. The Morgan fingerprint density at radius 1 is 1.73 bits per heavy atom. The van der Waals surface area contributed by atoms with Crippen LogP contribution in [0.5, 0.6) is 0 Å². The SMILES string of the molecule is B[N@+]12CC[C@H](C1)[C@](O)(CN)C2. The predicted octanol–water partition coefficient (Wildman–Crippen LogP) is -1.93. The zero-order chi connectivity index (χ0) is 8.11. The quantitative estimate of drug-likeness (QED) is 0.433. The molecule has 3 N–H and O–H groups in total. The fraction of sp³-hybridized carbons (Fsp3) is 1.00. The Balaban J connectivity index is 2.21. The normalized spacial score (nSPS) is 55.3. The average Bonchev–Trinajstić information content (AvgIpc) is 2.41. The first kappa shape index (κ1) is 7.59. The van der Waals surface area contributed by atoms with Crippen molar-refractivity contribution >= 4 is 7.98 Å². The van der Waals surface area contributed by atoms with Crippen LogP contribution in [0.15, 0.2) is 0 Å². The van der Waals surface area contributed by atoms with E-state index in [2.05, 4.69) is 7.98 Å². The van der Waals surface area contributed by atoms with Crippen LogP contribution in [-0.4, -0.2) is 49.3 Å². The van der Waals surface area contributed by atoms with Crippen molar-refractivity contribution in [2.24, 2.45) is 11.7 Å². The molecule has 2 fully saturated rings. The zero-order valence-corrected chi connectivity index (χ0v) is 7.08. The Bertz CT molecular complexity index is 189. The summed E-state index contributed by atoms with van der Waals surface area (Å²) in [6, 6.07) is 0. The largest absolute Gasteiger partial charge is 0.397 e. The summed E-state index contributed by atoms with van der Waals surface area (Å²) in [7, 11) is 2.22. The van der Waals surface area contributed by atoms with Gasteiger partial charge in [0.2, 0.25) is 0 Å². The summed E-state index contributed by atoms with van der Waals surface area (Å²) in [5.74, 6) is 0.470. The van der Waals surface area contributed by atoms with Crippen molar-refractivity contribution in [1.29, 1.82) is 0 Å². The third-order valence-electron chi connectivity index (χ3n) is 3.45. The summed E-state index contributed by atoms with van der Waals surface area (Å²) in [5.41, 5.74) is 5.02. The van der Waals surface area contributed by atoms with Gasteiger partial charge in [0.25, 0.3) is 0 Å². The number of hydrogen-bond donors (Lipinski definition) is 2. The van der Waals surface area contributed by atoms with Gasteiger partial charge in [-0.3, -0.25) is 0 Å². The fourth-order valence-corrected chi connectivity index (χ4v) is 2.79. The molecule has 0 spiro atoms. The molecule has 0 aromatic carbocycles. The van der Waals surface area contributed by atoms with Gasteiger partial charge in [-0.1, -0.05) is 0 Å². The van der Waals surface area contributed by atoms with Crippen LogP contribution in [0.4, 0.5) is 0 Å². The molecule has 0 radical (unpaired) electrons. The standard InChI is InChI=1S/C7H16BN2O/c8-10-2-1-6(3-10)7(11,4-9)5-10/h6,11H,1-5,8-9H2/q+1/t6-,7+,10-/m1/s1. The van der Waals surface area contributed by atoms with Gasteiger partial charge in [-0.2, -0.15) is 0 Å². The lowest BCUT2D eigenvalue weighted by Crippen LogP contribution is -2.53. The lowest BCUT2D eigenvalue weighted by molar-refractivity contribution is -0.798. The number of rotatable bonds is 1. The summed E-state index contributed by atoms with van der Waals surface area (Å²) < 4.78 is 1.04. The highest BCUT2D eigenvalue weighted by atomic mass is 16.3. The van der Waals surface area contributed by atoms with E-state index in [4.69, 9.17) is 5.73 Å². The topological polar surface area (TPSA) is 46.2 Å². The minimum atomic E-state index is -0.535. The Labute approximate surface area is 68.2 Å². The van der Waals surface area contributed by atoms with Crippen LogP contribution in [0.25, 0.3) is 0 Å². The second-order valence-corrected chi connectivity index (χ2v) is 4.48. The Kier molecular flexibility index (Phi) is 1.38. The van der Waals surface area contributed by atoms with Gasteiger partial charge in [-0.05, 0) is 0 Å². The molecule has 3 nitrogen and oxygen atoms in total. The van der Waals surface area contributed by atoms with E-state index >= 15 is 0 Å². The first-order valence-corrected chi connectivity index (χ1v) is 4.34. The van der Waals surface area contributed by atoms with E-state index in [1.165, 1.54) is 6.54 Å². The molecule has 2 saturated heterocycles. The van der Waals surface area contributed by atoms with Gasteiger partial charge in [0, 0.05) is 18.9 Å². The highest BCUT2D eigenvalue weighted by Gasteiger charge is 2.56. The van der Waals surface area contributed by atoms with Crippen molar-refractivity contribution in [2.45, 2.75) is 12.0 Å². The van der Waals surface area contributed by atoms with Gasteiger partial charge in [0.1, 0.15) is 5.60 Å². The molecule has 62 valence electrons. The van der Waals surface area contributed by atoms with Gasteiger partial charge in [-0.25, -0.2) is 0 Å². The molecule has 0 aliphatic carbocycles. The highest BCUT2D eigenvalue weighted by molar-refractivity contribution is 5.97. The summed E-state index contributed by atoms with van der Waals surface area (Å²) in [5, 5.41) is 10.0. The second-order valence-electron chi connectivity index (χ2n) is 4.48. The van der Waals surface area contributed by atoms with Crippen molar-refractivity contribution in [3.05, 3.63) is 0 Å². The van der Waals surface area contributed by atoms with Gasteiger partial charge >= 0.3 is 7.98 Å². The molecule has 0 unspecified atom stereocenters. The van der Waals surface area contributed by atoms with Crippen molar-refractivity contribution < 1.29 is 9.50 Å². The predicted molar refractivity (Wildman–Crippen MR) is 45.5 cm³/mol. The van der Waals surface area contributed by atoms with Crippen LogP contribution < -0.4 is 5.73 Å². The highest BCUT2D eigenvalue weighted by Crippen LogP contribution is 2.39. The first-order chi connectivity index (χ1) is 5.08. The maximum atomic E-state index is 10.0. The van der Waals surface area contributed by atoms with Crippen LogP contribution >= 0.6 is 0 Å². The Morgan fingerprint density at radius 3 is 2.73 bits per heavy atom. The lowest BCUT2D eigenvalue weighted by Gasteiger charge is -2.34. The summed E-state index contributed by atoms with van der Waals surface area (Å²) >= 11 is 0. The monoisotopic (exact) mass is 155 g/mol. The maximum absolute atomic E-state index is 10.0. The van der Waals surface area contributed by atoms with Gasteiger partial charge in [0.15, 0.2) is 0 Å². The Morgan fingerprint density at radius 2 is 2.45 bits per heavy atom. The Hall–Kier alpha value is -0.0551. The van der Waals surface area contributed by atoms with Gasteiger partial charge < -0.3 is 15.2 Å². The molecule has 0 aromatic rings. The minimum absolute atomic E-state index is 0.436.